The van der Waals surface area contributed by atoms with Crippen molar-refractivity contribution in [3.8, 4) is 5.75 Å². The average molecular weight is 356 g/mol. The topological polar surface area (TPSA) is 38.3 Å². The molecule has 0 radical (unpaired) electrons. The van der Waals surface area contributed by atoms with Gasteiger partial charge in [0.25, 0.3) is 0 Å². The first-order valence-electron chi connectivity index (χ1n) is 10.5. The summed E-state index contributed by atoms with van der Waals surface area (Å²) in [7, 11) is 1.75. The fraction of sp³-hybridized carbons (Fsp3) is 0.696. The minimum atomic E-state index is 0.0800. The van der Waals surface area contributed by atoms with Crippen LogP contribution in [0.25, 0.3) is 0 Å². The predicted octanol–water partition coefficient (Wildman–Crippen LogP) is 5.36. The second kappa shape index (κ2) is 6.90. The predicted molar refractivity (Wildman–Crippen MR) is 104 cm³/mol. The van der Waals surface area contributed by atoms with Crippen molar-refractivity contribution in [3.63, 3.8) is 0 Å². The van der Waals surface area contributed by atoms with Gasteiger partial charge in [-0.15, -0.1) is 0 Å². The van der Waals surface area contributed by atoms with Crippen LogP contribution < -0.4 is 10.1 Å². The van der Waals surface area contributed by atoms with Crippen LogP contribution in [0.1, 0.15) is 88.3 Å². The van der Waals surface area contributed by atoms with E-state index in [9.17, 15) is 4.79 Å². The maximum atomic E-state index is 11.9. The molecular weight excluding hydrogens is 322 g/mol. The minimum Gasteiger partial charge on any atom is -0.497 e. The van der Waals surface area contributed by atoms with Crippen LogP contribution in [0.3, 0.4) is 0 Å². The molecule has 1 aromatic rings. The lowest BCUT2D eigenvalue weighted by Gasteiger charge is -2.56. The Morgan fingerprint density at radius 1 is 1.23 bits per heavy atom. The molecule has 3 nitrogen and oxygen atoms in total. The van der Waals surface area contributed by atoms with Gasteiger partial charge in [-0.2, -0.15) is 0 Å². The van der Waals surface area contributed by atoms with E-state index in [1.807, 2.05) is 6.07 Å². The number of ether oxygens (including phenoxy) is 1. The first kappa shape index (κ1) is 17.9. The third-order valence-corrected chi connectivity index (χ3v) is 7.87. The van der Waals surface area contributed by atoms with E-state index >= 15 is 0 Å². The summed E-state index contributed by atoms with van der Waals surface area (Å²) in [5.74, 6) is 3.17. The Kier molecular flexibility index (Phi) is 4.75. The van der Waals surface area contributed by atoms with E-state index in [4.69, 9.17) is 4.74 Å². The zero-order valence-corrected chi connectivity index (χ0v) is 16.5. The second-order valence-electron chi connectivity index (χ2n) is 8.86. The maximum absolute atomic E-state index is 11.9. The molecule has 2 fully saturated rings. The molecule has 0 spiro atoms. The molecule has 1 N–H and O–H groups in total. The maximum Gasteiger partial charge on any atom is 0.217 e. The van der Waals surface area contributed by atoms with E-state index < -0.39 is 0 Å². The van der Waals surface area contributed by atoms with Gasteiger partial charge in [0.15, 0.2) is 0 Å². The zero-order valence-electron chi connectivity index (χ0n) is 16.5. The minimum absolute atomic E-state index is 0.0800. The highest BCUT2D eigenvalue weighted by atomic mass is 16.5. The van der Waals surface area contributed by atoms with Crippen molar-refractivity contribution in [2.24, 2.45) is 17.3 Å². The van der Waals surface area contributed by atoms with Gasteiger partial charge in [0.1, 0.15) is 5.75 Å². The third-order valence-electron chi connectivity index (χ3n) is 7.87. The van der Waals surface area contributed by atoms with Crippen molar-refractivity contribution in [2.75, 3.05) is 7.11 Å². The Morgan fingerprint density at radius 3 is 2.81 bits per heavy atom. The molecule has 0 aromatic heterocycles. The van der Waals surface area contributed by atoms with Gasteiger partial charge in [-0.3, -0.25) is 4.79 Å². The molecule has 0 saturated heterocycles. The summed E-state index contributed by atoms with van der Waals surface area (Å²) >= 11 is 0. The van der Waals surface area contributed by atoms with Crippen LogP contribution in [-0.4, -0.2) is 13.0 Å². The van der Waals surface area contributed by atoms with Crippen LogP contribution in [0, 0.1) is 17.3 Å². The van der Waals surface area contributed by atoms with Crippen LogP contribution in [-0.2, 0) is 4.79 Å². The van der Waals surface area contributed by atoms with Crippen molar-refractivity contribution in [2.45, 2.75) is 77.2 Å². The lowest BCUT2D eigenvalue weighted by atomic mass is 9.49. The van der Waals surface area contributed by atoms with Crippen LogP contribution in [0.5, 0.6) is 5.75 Å². The van der Waals surface area contributed by atoms with Gasteiger partial charge in [0.05, 0.1) is 13.2 Å². The summed E-state index contributed by atoms with van der Waals surface area (Å²) in [4.78, 5) is 11.9. The Labute approximate surface area is 157 Å². The quantitative estimate of drug-likeness (QED) is 0.793. The normalized spacial score (nSPS) is 35.7. The summed E-state index contributed by atoms with van der Waals surface area (Å²) in [6, 6.07) is 6.65. The lowest BCUT2D eigenvalue weighted by Crippen LogP contribution is -2.47. The summed E-state index contributed by atoms with van der Waals surface area (Å²) < 4.78 is 5.54. The van der Waals surface area contributed by atoms with E-state index in [1.54, 1.807) is 14.0 Å². The van der Waals surface area contributed by atoms with Crippen molar-refractivity contribution >= 4 is 5.91 Å². The number of fused-ring (bicyclic) bond motifs is 5. The van der Waals surface area contributed by atoms with Gasteiger partial charge >= 0.3 is 0 Å². The standard InChI is InChI=1S/C23H33NO2/c1-4-23-11-6-5-7-21(23)20-14-22(24-15(2)25)18-9-8-16(26-3)13-19(18)17(20)10-12-23/h8-9,13,17,20-22H,4-7,10-12,14H2,1-3H3,(H,24,25)/t17-,20-,21+,22+,23+/m1/s1. The molecule has 142 valence electrons. The van der Waals surface area contributed by atoms with Crippen LogP contribution in [0.4, 0.5) is 0 Å². The van der Waals surface area contributed by atoms with Crippen molar-refractivity contribution < 1.29 is 9.53 Å². The van der Waals surface area contributed by atoms with Crippen molar-refractivity contribution in [1.29, 1.82) is 0 Å². The number of nitrogens with one attached hydrogen (secondary N) is 1. The number of hydrogen-bond donors (Lipinski definition) is 1. The van der Waals surface area contributed by atoms with Gasteiger partial charge in [0.2, 0.25) is 5.91 Å². The van der Waals surface area contributed by atoms with E-state index in [-0.39, 0.29) is 11.9 Å². The number of hydrogen-bond acceptors (Lipinski definition) is 2. The highest BCUT2D eigenvalue weighted by Crippen LogP contribution is 2.62. The molecule has 26 heavy (non-hydrogen) atoms. The first-order chi connectivity index (χ1) is 12.6. The molecule has 0 heterocycles. The Morgan fingerprint density at radius 2 is 2.08 bits per heavy atom. The molecule has 0 aliphatic heterocycles. The smallest absolute Gasteiger partial charge is 0.217 e. The number of rotatable bonds is 3. The second-order valence-corrected chi connectivity index (χ2v) is 8.86. The van der Waals surface area contributed by atoms with Gasteiger partial charge in [-0.1, -0.05) is 32.3 Å². The van der Waals surface area contributed by atoms with Crippen LogP contribution >= 0.6 is 0 Å². The Bertz CT molecular complexity index is 685. The Balaban J connectivity index is 1.75. The number of methoxy groups -OCH3 is 1. The molecule has 3 aliphatic rings. The highest BCUT2D eigenvalue weighted by molar-refractivity contribution is 5.73. The van der Waals surface area contributed by atoms with Crippen molar-refractivity contribution in [1.82, 2.24) is 5.32 Å². The van der Waals surface area contributed by atoms with Crippen LogP contribution in [0.15, 0.2) is 18.2 Å². The lowest BCUT2D eigenvalue weighted by molar-refractivity contribution is -0.120. The van der Waals surface area contributed by atoms with Gasteiger partial charge < -0.3 is 10.1 Å². The zero-order chi connectivity index (χ0) is 18.3. The van der Waals surface area contributed by atoms with Gasteiger partial charge in [-0.05, 0) is 78.5 Å². The molecule has 0 bridgehead atoms. The molecule has 4 rings (SSSR count). The molecule has 1 aromatic carbocycles. The van der Waals surface area contributed by atoms with Gasteiger partial charge in [0, 0.05) is 6.92 Å². The summed E-state index contributed by atoms with van der Waals surface area (Å²) in [5.41, 5.74) is 3.31. The summed E-state index contributed by atoms with van der Waals surface area (Å²) in [5, 5.41) is 3.25. The summed E-state index contributed by atoms with van der Waals surface area (Å²) in [6.07, 6.45) is 10.7. The summed E-state index contributed by atoms with van der Waals surface area (Å²) in [6.45, 7) is 4.05. The average Bonchev–Trinajstić information content (AvgIpc) is 2.66. The molecule has 1 amide bonds. The fourth-order valence-electron chi connectivity index (χ4n) is 6.68. The monoisotopic (exact) mass is 355 g/mol. The highest BCUT2D eigenvalue weighted by Gasteiger charge is 2.51. The molecular formula is C23H33NO2. The van der Waals surface area contributed by atoms with Crippen molar-refractivity contribution in [3.05, 3.63) is 29.3 Å². The number of carbonyl (C=O) groups is 1. The molecule has 3 heteroatoms. The number of carbonyl (C=O) groups excluding carboxylic acids is 1. The van der Waals surface area contributed by atoms with E-state index in [2.05, 4.69) is 24.4 Å². The van der Waals surface area contributed by atoms with E-state index in [0.29, 0.717) is 17.3 Å². The van der Waals surface area contributed by atoms with Gasteiger partial charge in [-0.25, -0.2) is 0 Å². The van der Waals surface area contributed by atoms with E-state index in [1.165, 1.54) is 56.1 Å². The number of benzene rings is 1. The first-order valence-corrected chi connectivity index (χ1v) is 10.5. The largest absolute Gasteiger partial charge is 0.497 e. The SMILES string of the molecule is CC[C@@]12CCCC[C@H]1[C@@H]1C[C@H](NC(C)=O)c3ccc(OC)cc3[C@H]1CC2. The van der Waals surface area contributed by atoms with E-state index in [0.717, 1.165) is 18.1 Å². The molecule has 5 atom stereocenters. The molecule has 2 saturated carbocycles. The fourth-order valence-corrected chi connectivity index (χ4v) is 6.68. The third kappa shape index (κ3) is 2.84. The molecule has 3 aliphatic carbocycles. The number of amides is 1. The van der Waals surface area contributed by atoms with Crippen LogP contribution in [0.2, 0.25) is 0 Å². The molecule has 0 unspecified atom stereocenters. The Hall–Kier alpha value is -1.51.